The highest BCUT2D eigenvalue weighted by molar-refractivity contribution is 7.89. The molecule has 0 fully saturated rings. The summed E-state index contributed by atoms with van der Waals surface area (Å²) in [6, 6.07) is 18.0. The molecule has 0 spiro atoms. The van der Waals surface area contributed by atoms with E-state index in [1.165, 1.54) is 23.5 Å². The maximum Gasteiger partial charge on any atom is 0.243 e. The highest BCUT2D eigenvalue weighted by Crippen LogP contribution is 2.36. The number of methoxy groups -OCH3 is 1. The van der Waals surface area contributed by atoms with E-state index in [1.54, 1.807) is 38.6 Å². The summed E-state index contributed by atoms with van der Waals surface area (Å²) in [7, 11) is 0.883. The highest BCUT2D eigenvalue weighted by atomic mass is 32.2. The van der Waals surface area contributed by atoms with Gasteiger partial charge >= 0.3 is 0 Å². The summed E-state index contributed by atoms with van der Waals surface area (Å²) in [6.45, 7) is 0.170. The Morgan fingerprint density at radius 1 is 1.00 bits per heavy atom. The Balaban J connectivity index is 1.62. The zero-order valence-corrected chi connectivity index (χ0v) is 19.8. The molecule has 1 N–H and O–H groups in total. The van der Waals surface area contributed by atoms with Crippen LogP contribution in [-0.4, -0.2) is 38.9 Å². The molecule has 3 aromatic carbocycles. The molecular formula is C25H24FN3O4S. The van der Waals surface area contributed by atoms with Gasteiger partial charge in [0.1, 0.15) is 11.5 Å². The molecule has 34 heavy (non-hydrogen) atoms. The van der Waals surface area contributed by atoms with Gasteiger partial charge in [0.2, 0.25) is 10.0 Å². The predicted molar refractivity (Wildman–Crippen MR) is 129 cm³/mol. The first-order chi connectivity index (χ1) is 16.3. The number of hydrogen-bond donors (Lipinski definition) is 1. The average molecular weight is 482 g/mol. The van der Waals surface area contributed by atoms with Gasteiger partial charge in [0.05, 0.1) is 23.2 Å². The molecule has 0 saturated heterocycles. The minimum Gasteiger partial charge on any atom is -0.495 e. The molecule has 0 aliphatic carbocycles. The molecule has 0 atom stereocenters. The van der Waals surface area contributed by atoms with Crippen LogP contribution in [0, 0.1) is 5.82 Å². The van der Waals surface area contributed by atoms with Crippen molar-refractivity contribution in [2.75, 3.05) is 26.5 Å². The van der Waals surface area contributed by atoms with Gasteiger partial charge < -0.3 is 14.8 Å². The second-order valence-corrected chi connectivity index (χ2v) is 9.61. The van der Waals surface area contributed by atoms with Gasteiger partial charge in [-0.05, 0) is 35.9 Å². The number of halogens is 1. The number of ether oxygens (including phenoxy) is 2. The summed E-state index contributed by atoms with van der Waals surface area (Å²) in [5.41, 5.74) is 2.16. The fourth-order valence-electron chi connectivity index (χ4n) is 3.55. The molecule has 4 aromatic rings. The summed E-state index contributed by atoms with van der Waals surface area (Å²) < 4.78 is 53.2. The van der Waals surface area contributed by atoms with Crippen LogP contribution in [0.25, 0.3) is 10.9 Å². The molecule has 9 heteroatoms. The Morgan fingerprint density at radius 3 is 2.44 bits per heavy atom. The maximum atomic E-state index is 15.0. The van der Waals surface area contributed by atoms with E-state index in [4.69, 9.17) is 9.47 Å². The van der Waals surface area contributed by atoms with Crippen molar-refractivity contribution >= 4 is 26.6 Å². The number of rotatable bonds is 8. The van der Waals surface area contributed by atoms with Crippen molar-refractivity contribution in [1.82, 2.24) is 9.29 Å². The van der Waals surface area contributed by atoms with Gasteiger partial charge in [0.15, 0.2) is 11.6 Å². The molecule has 0 amide bonds. The van der Waals surface area contributed by atoms with Gasteiger partial charge in [0, 0.05) is 38.3 Å². The third-order valence-corrected chi connectivity index (χ3v) is 7.17. The van der Waals surface area contributed by atoms with Crippen molar-refractivity contribution < 1.29 is 22.3 Å². The third-order valence-electron chi connectivity index (χ3n) is 5.37. The lowest BCUT2D eigenvalue weighted by Crippen LogP contribution is -2.26. The van der Waals surface area contributed by atoms with Crippen LogP contribution in [-0.2, 0) is 16.6 Å². The summed E-state index contributed by atoms with van der Waals surface area (Å²) >= 11 is 0. The zero-order valence-electron chi connectivity index (χ0n) is 18.9. The quantitative estimate of drug-likeness (QED) is 0.380. The molecule has 0 unspecified atom stereocenters. The van der Waals surface area contributed by atoms with E-state index in [9.17, 15) is 12.8 Å². The summed E-state index contributed by atoms with van der Waals surface area (Å²) in [5.74, 6) is 0.0976. The minimum atomic E-state index is -3.90. The van der Waals surface area contributed by atoms with E-state index >= 15 is 0 Å². The monoisotopic (exact) mass is 481 g/mol. The number of hydrogen-bond acceptors (Lipinski definition) is 6. The van der Waals surface area contributed by atoms with Crippen molar-refractivity contribution in [2.24, 2.45) is 0 Å². The van der Waals surface area contributed by atoms with E-state index < -0.39 is 15.8 Å². The zero-order chi connectivity index (χ0) is 24.3. The van der Waals surface area contributed by atoms with Crippen LogP contribution in [0.4, 0.5) is 10.1 Å². The van der Waals surface area contributed by atoms with Gasteiger partial charge in [0.25, 0.3) is 0 Å². The van der Waals surface area contributed by atoms with Gasteiger partial charge in [-0.1, -0.05) is 30.3 Å². The first-order valence-electron chi connectivity index (χ1n) is 10.5. The molecule has 0 aliphatic heterocycles. The smallest absolute Gasteiger partial charge is 0.243 e. The van der Waals surface area contributed by atoms with Gasteiger partial charge in [-0.15, -0.1) is 0 Å². The number of pyridine rings is 1. The van der Waals surface area contributed by atoms with E-state index in [0.29, 0.717) is 22.4 Å². The fourth-order valence-corrected chi connectivity index (χ4v) is 4.72. The SMILES string of the molecule is CNc1cc2c(Oc3ccc(S(=O)(=O)N(C)Cc4ccccc4)cc3F)ccnc2cc1OC. The number of sulfonamides is 1. The van der Waals surface area contributed by atoms with Crippen LogP contribution < -0.4 is 14.8 Å². The normalized spacial score (nSPS) is 11.6. The maximum absolute atomic E-state index is 15.0. The number of aromatic nitrogens is 1. The van der Waals surface area contributed by atoms with Crippen molar-refractivity contribution in [3.63, 3.8) is 0 Å². The predicted octanol–water partition coefficient (Wildman–Crippen LogP) is 5.04. The van der Waals surface area contributed by atoms with Gasteiger partial charge in [-0.3, -0.25) is 4.98 Å². The van der Waals surface area contributed by atoms with E-state index in [2.05, 4.69) is 10.3 Å². The van der Waals surface area contributed by atoms with Crippen molar-refractivity contribution in [1.29, 1.82) is 0 Å². The molecule has 0 aliphatic rings. The number of benzene rings is 3. The Hall–Kier alpha value is -3.69. The lowest BCUT2D eigenvalue weighted by Gasteiger charge is -2.18. The molecular weight excluding hydrogens is 457 g/mol. The van der Waals surface area contributed by atoms with Crippen LogP contribution in [0.1, 0.15) is 5.56 Å². The number of fused-ring (bicyclic) bond motifs is 1. The van der Waals surface area contributed by atoms with Crippen LogP contribution in [0.2, 0.25) is 0 Å². The molecule has 1 aromatic heterocycles. The fraction of sp³-hybridized carbons (Fsp3) is 0.160. The van der Waals surface area contributed by atoms with Crippen LogP contribution >= 0.6 is 0 Å². The van der Waals surface area contributed by atoms with Gasteiger partial charge in [-0.25, -0.2) is 12.8 Å². The molecule has 0 bridgehead atoms. The van der Waals surface area contributed by atoms with E-state index in [-0.39, 0.29) is 17.2 Å². The summed E-state index contributed by atoms with van der Waals surface area (Å²) in [6.07, 6.45) is 1.55. The van der Waals surface area contributed by atoms with Gasteiger partial charge in [-0.2, -0.15) is 4.31 Å². The first kappa shape index (κ1) is 23.5. The lowest BCUT2D eigenvalue weighted by atomic mass is 10.1. The third kappa shape index (κ3) is 4.66. The molecule has 176 valence electrons. The van der Waals surface area contributed by atoms with Crippen molar-refractivity contribution in [3.05, 3.63) is 84.3 Å². The number of nitrogens with one attached hydrogen (secondary N) is 1. The van der Waals surface area contributed by atoms with Crippen LogP contribution in [0.15, 0.2) is 77.8 Å². The van der Waals surface area contributed by atoms with E-state index in [1.807, 2.05) is 30.3 Å². The largest absolute Gasteiger partial charge is 0.495 e. The topological polar surface area (TPSA) is 80.8 Å². The van der Waals surface area contributed by atoms with Crippen molar-refractivity contribution in [3.8, 4) is 17.2 Å². The lowest BCUT2D eigenvalue weighted by molar-refractivity contribution is 0.417. The first-order valence-corrected chi connectivity index (χ1v) is 11.9. The van der Waals surface area contributed by atoms with Crippen molar-refractivity contribution in [2.45, 2.75) is 11.4 Å². The Kier molecular flexibility index (Phi) is 6.67. The molecule has 1 heterocycles. The Labute approximate surface area is 197 Å². The molecule has 0 radical (unpaired) electrons. The summed E-state index contributed by atoms with van der Waals surface area (Å²) in [4.78, 5) is 4.17. The minimum absolute atomic E-state index is 0.0982. The Morgan fingerprint density at radius 2 is 1.76 bits per heavy atom. The van der Waals surface area contributed by atoms with E-state index in [0.717, 1.165) is 17.3 Å². The molecule has 4 rings (SSSR count). The number of nitrogens with zero attached hydrogens (tertiary/aromatic N) is 2. The molecule has 0 saturated carbocycles. The molecule has 7 nitrogen and oxygen atoms in total. The van der Waals surface area contributed by atoms with Crippen LogP contribution in [0.5, 0.6) is 17.2 Å². The van der Waals surface area contributed by atoms with Crippen LogP contribution in [0.3, 0.4) is 0 Å². The summed E-state index contributed by atoms with van der Waals surface area (Å²) in [5, 5.41) is 3.68. The highest BCUT2D eigenvalue weighted by Gasteiger charge is 2.23. The second-order valence-electron chi connectivity index (χ2n) is 7.57. The second kappa shape index (κ2) is 9.66. The number of anilines is 1. The Bertz CT molecular complexity index is 1430. The average Bonchev–Trinajstić information content (AvgIpc) is 2.85. The standard InChI is InChI=1S/C25H24FN3O4S/c1-27-22-14-19-21(15-25(22)32-3)28-12-11-23(19)33-24-10-9-18(13-20(24)26)34(30,31)29(2)16-17-7-5-4-6-8-17/h4-15,27H,16H2,1-3H3.